The highest BCUT2D eigenvalue weighted by atomic mass is 32.1. The van der Waals surface area contributed by atoms with Gasteiger partial charge in [0.2, 0.25) is 0 Å². The van der Waals surface area contributed by atoms with Gasteiger partial charge < -0.3 is 9.88 Å². The summed E-state index contributed by atoms with van der Waals surface area (Å²) in [5, 5.41) is 7.64. The van der Waals surface area contributed by atoms with Gasteiger partial charge in [0, 0.05) is 18.9 Å². The summed E-state index contributed by atoms with van der Waals surface area (Å²) < 4.78 is 2.22. The SMILES string of the molecule is CCNCc1nccn1CCc1ccsc1. The molecule has 4 heteroatoms. The third kappa shape index (κ3) is 2.93. The minimum Gasteiger partial charge on any atom is -0.334 e. The quantitative estimate of drug-likeness (QED) is 0.832. The van der Waals surface area contributed by atoms with Gasteiger partial charge in [0.15, 0.2) is 0 Å². The van der Waals surface area contributed by atoms with Crippen LogP contribution in [0.1, 0.15) is 18.3 Å². The Morgan fingerprint density at radius 1 is 1.50 bits per heavy atom. The van der Waals surface area contributed by atoms with Crippen molar-refractivity contribution in [3.8, 4) is 0 Å². The van der Waals surface area contributed by atoms with E-state index >= 15 is 0 Å². The van der Waals surface area contributed by atoms with Gasteiger partial charge in [0.25, 0.3) is 0 Å². The van der Waals surface area contributed by atoms with Crippen molar-refractivity contribution in [1.29, 1.82) is 0 Å². The molecule has 2 rings (SSSR count). The first-order valence-electron chi connectivity index (χ1n) is 5.62. The molecule has 0 aliphatic heterocycles. The van der Waals surface area contributed by atoms with Gasteiger partial charge in [-0.2, -0.15) is 11.3 Å². The largest absolute Gasteiger partial charge is 0.334 e. The Labute approximate surface area is 100 Å². The van der Waals surface area contributed by atoms with Gasteiger partial charge >= 0.3 is 0 Å². The fraction of sp³-hybridized carbons (Fsp3) is 0.417. The van der Waals surface area contributed by atoms with E-state index in [1.807, 2.05) is 6.20 Å². The van der Waals surface area contributed by atoms with Gasteiger partial charge in [0.1, 0.15) is 5.82 Å². The van der Waals surface area contributed by atoms with Crippen LogP contribution < -0.4 is 5.32 Å². The maximum absolute atomic E-state index is 4.36. The molecular weight excluding hydrogens is 218 g/mol. The number of hydrogen-bond acceptors (Lipinski definition) is 3. The highest BCUT2D eigenvalue weighted by Crippen LogP contribution is 2.08. The van der Waals surface area contributed by atoms with Crippen molar-refractivity contribution in [2.75, 3.05) is 6.54 Å². The lowest BCUT2D eigenvalue weighted by Gasteiger charge is -2.07. The Kier molecular flexibility index (Phi) is 4.13. The second kappa shape index (κ2) is 5.82. The Morgan fingerprint density at radius 2 is 2.44 bits per heavy atom. The van der Waals surface area contributed by atoms with E-state index in [2.05, 4.69) is 44.8 Å². The maximum atomic E-state index is 4.36. The van der Waals surface area contributed by atoms with Crippen LogP contribution in [0.5, 0.6) is 0 Å². The van der Waals surface area contributed by atoms with Crippen LogP contribution in [0.4, 0.5) is 0 Å². The van der Waals surface area contributed by atoms with Crippen molar-refractivity contribution in [2.24, 2.45) is 0 Å². The zero-order valence-electron chi connectivity index (χ0n) is 9.52. The van der Waals surface area contributed by atoms with Crippen LogP contribution in [0, 0.1) is 0 Å². The zero-order valence-corrected chi connectivity index (χ0v) is 10.3. The fourth-order valence-electron chi connectivity index (χ4n) is 1.63. The third-order valence-electron chi connectivity index (χ3n) is 2.56. The summed E-state index contributed by atoms with van der Waals surface area (Å²) in [5.74, 6) is 1.12. The van der Waals surface area contributed by atoms with Crippen LogP contribution in [0.15, 0.2) is 29.2 Å². The van der Waals surface area contributed by atoms with Gasteiger partial charge in [-0.3, -0.25) is 0 Å². The number of aromatic nitrogens is 2. The van der Waals surface area contributed by atoms with E-state index in [1.54, 1.807) is 11.3 Å². The molecule has 0 aromatic carbocycles. The smallest absolute Gasteiger partial charge is 0.122 e. The monoisotopic (exact) mass is 235 g/mol. The number of hydrogen-bond donors (Lipinski definition) is 1. The van der Waals surface area contributed by atoms with Crippen molar-refractivity contribution >= 4 is 11.3 Å². The second-order valence-electron chi connectivity index (χ2n) is 3.70. The minimum absolute atomic E-state index is 0.854. The van der Waals surface area contributed by atoms with Gasteiger partial charge in [-0.25, -0.2) is 4.98 Å². The third-order valence-corrected chi connectivity index (χ3v) is 3.29. The Balaban J connectivity index is 1.91. The molecule has 2 aromatic heterocycles. The molecule has 0 saturated heterocycles. The summed E-state index contributed by atoms with van der Waals surface area (Å²) in [6, 6.07) is 2.19. The molecule has 0 atom stereocenters. The normalized spacial score (nSPS) is 10.8. The fourth-order valence-corrected chi connectivity index (χ4v) is 2.34. The van der Waals surface area contributed by atoms with Gasteiger partial charge in [-0.05, 0) is 35.4 Å². The summed E-state index contributed by atoms with van der Waals surface area (Å²) in [6.07, 6.45) is 5.01. The first kappa shape index (κ1) is 11.4. The summed E-state index contributed by atoms with van der Waals surface area (Å²) in [6.45, 7) is 4.96. The molecule has 16 heavy (non-hydrogen) atoms. The molecule has 0 amide bonds. The van der Waals surface area contributed by atoms with Crippen molar-refractivity contribution in [1.82, 2.24) is 14.9 Å². The van der Waals surface area contributed by atoms with E-state index in [0.717, 1.165) is 31.9 Å². The number of nitrogens with zero attached hydrogens (tertiary/aromatic N) is 2. The molecule has 2 aromatic rings. The zero-order chi connectivity index (χ0) is 11.2. The molecule has 0 spiro atoms. The van der Waals surface area contributed by atoms with E-state index < -0.39 is 0 Å². The Morgan fingerprint density at radius 3 is 3.19 bits per heavy atom. The predicted molar refractivity (Wildman–Crippen MR) is 67.6 cm³/mol. The van der Waals surface area contributed by atoms with Crippen LogP contribution in [0.25, 0.3) is 0 Å². The first-order chi connectivity index (χ1) is 7.90. The van der Waals surface area contributed by atoms with E-state index in [4.69, 9.17) is 0 Å². The average molecular weight is 235 g/mol. The number of rotatable bonds is 6. The number of imidazole rings is 1. The lowest BCUT2D eigenvalue weighted by Crippen LogP contribution is -2.16. The molecule has 3 nitrogen and oxygen atoms in total. The molecule has 0 fully saturated rings. The summed E-state index contributed by atoms with van der Waals surface area (Å²) in [4.78, 5) is 4.36. The first-order valence-corrected chi connectivity index (χ1v) is 6.56. The number of aryl methyl sites for hydroxylation is 2. The second-order valence-corrected chi connectivity index (χ2v) is 4.48. The molecule has 0 saturated carbocycles. The van der Waals surface area contributed by atoms with Gasteiger partial charge in [-0.1, -0.05) is 6.92 Å². The summed E-state index contributed by atoms with van der Waals surface area (Å²) in [5.41, 5.74) is 1.41. The van der Waals surface area contributed by atoms with E-state index in [9.17, 15) is 0 Å². The molecule has 0 bridgehead atoms. The van der Waals surface area contributed by atoms with Gasteiger partial charge in [-0.15, -0.1) is 0 Å². The number of nitrogens with one attached hydrogen (secondary N) is 1. The van der Waals surface area contributed by atoms with Crippen molar-refractivity contribution in [3.63, 3.8) is 0 Å². The summed E-state index contributed by atoms with van der Waals surface area (Å²) >= 11 is 1.76. The van der Waals surface area contributed by atoms with Crippen molar-refractivity contribution in [2.45, 2.75) is 26.4 Å². The lowest BCUT2D eigenvalue weighted by atomic mass is 10.2. The minimum atomic E-state index is 0.854. The Hall–Kier alpha value is -1.13. The Bertz CT molecular complexity index is 406. The van der Waals surface area contributed by atoms with Crippen LogP contribution >= 0.6 is 11.3 Å². The van der Waals surface area contributed by atoms with Crippen LogP contribution in [-0.2, 0) is 19.5 Å². The van der Waals surface area contributed by atoms with Crippen LogP contribution in [0.3, 0.4) is 0 Å². The standard InChI is InChI=1S/C12H17N3S/c1-2-13-9-12-14-5-7-15(12)6-3-11-4-8-16-10-11/h4-5,7-8,10,13H,2-3,6,9H2,1H3. The van der Waals surface area contributed by atoms with Crippen molar-refractivity contribution < 1.29 is 0 Å². The number of thiophene rings is 1. The topological polar surface area (TPSA) is 29.9 Å². The van der Waals surface area contributed by atoms with E-state index in [-0.39, 0.29) is 0 Å². The van der Waals surface area contributed by atoms with E-state index in [1.165, 1.54) is 5.56 Å². The maximum Gasteiger partial charge on any atom is 0.122 e. The van der Waals surface area contributed by atoms with Crippen molar-refractivity contribution in [3.05, 3.63) is 40.6 Å². The molecule has 0 unspecified atom stereocenters. The molecule has 0 radical (unpaired) electrons. The average Bonchev–Trinajstić information content (AvgIpc) is 2.94. The molecular formula is C12H17N3S. The molecule has 0 aliphatic carbocycles. The van der Waals surface area contributed by atoms with Crippen LogP contribution in [-0.4, -0.2) is 16.1 Å². The highest BCUT2D eigenvalue weighted by molar-refractivity contribution is 7.07. The molecule has 2 heterocycles. The molecule has 1 N–H and O–H groups in total. The molecule has 86 valence electrons. The molecule has 0 aliphatic rings. The van der Waals surface area contributed by atoms with Gasteiger partial charge in [0.05, 0.1) is 6.54 Å². The van der Waals surface area contributed by atoms with Crippen LogP contribution in [0.2, 0.25) is 0 Å². The summed E-state index contributed by atoms with van der Waals surface area (Å²) in [7, 11) is 0. The highest BCUT2D eigenvalue weighted by Gasteiger charge is 2.02. The van der Waals surface area contributed by atoms with E-state index in [0.29, 0.717) is 0 Å². The lowest BCUT2D eigenvalue weighted by molar-refractivity contribution is 0.606. The predicted octanol–water partition coefficient (Wildman–Crippen LogP) is 2.30.